The number of hydrogen-bond donors (Lipinski definition) is 3. The maximum atomic E-state index is 12.4. The van der Waals surface area contributed by atoms with E-state index in [0.717, 1.165) is 6.08 Å². The number of ether oxygens (including phenoxy) is 1. The molecule has 0 saturated heterocycles. The molecule has 0 saturated carbocycles. The number of phenolic OH excluding ortho intramolecular Hbond substituents is 1. The molecule has 2 aromatic carbocycles. The minimum absolute atomic E-state index is 0.0459. The molecule has 9 heteroatoms. The number of nitrogens with one attached hydrogen (secondary N) is 1. The molecule has 1 amide bonds. The molecule has 0 heterocycles. The SMILES string of the molecule is N#Cc1ccc(NC(=O)O[C@@H](CCC/C=C/C(=O)O)c2cc(Br)cc(Br)c2O)cc1. The number of allylic oxidation sites excluding steroid dienone is 1. The number of aliphatic carboxylic acids is 1. The van der Waals surface area contributed by atoms with Crippen molar-refractivity contribution in [2.24, 2.45) is 0 Å². The first-order valence-electron chi connectivity index (χ1n) is 8.85. The van der Waals surface area contributed by atoms with Crippen molar-refractivity contribution in [2.45, 2.75) is 25.4 Å². The summed E-state index contributed by atoms with van der Waals surface area (Å²) in [5, 5.41) is 30.5. The highest BCUT2D eigenvalue weighted by Gasteiger charge is 2.22. The molecule has 0 fully saturated rings. The molecule has 0 bridgehead atoms. The molecule has 156 valence electrons. The number of carbonyl (C=O) groups is 2. The molecule has 0 aromatic heterocycles. The van der Waals surface area contributed by atoms with Crippen LogP contribution in [0.15, 0.2) is 57.5 Å². The minimum atomic E-state index is -1.03. The number of unbranched alkanes of at least 4 members (excludes halogenated alkanes) is 1. The quantitative estimate of drug-likeness (QED) is 0.285. The second kappa shape index (κ2) is 11.4. The second-order valence-electron chi connectivity index (χ2n) is 6.21. The number of carboxylic acids is 1. The van der Waals surface area contributed by atoms with Gasteiger partial charge in [-0.2, -0.15) is 5.26 Å². The van der Waals surface area contributed by atoms with Gasteiger partial charge in [-0.1, -0.05) is 22.0 Å². The normalized spacial score (nSPS) is 11.6. The molecular weight excluding hydrogens is 520 g/mol. The number of aromatic hydroxyl groups is 1. The van der Waals surface area contributed by atoms with Crippen molar-refractivity contribution >= 4 is 49.6 Å². The number of nitrogens with zero attached hydrogens (tertiary/aromatic N) is 1. The number of rotatable bonds is 8. The summed E-state index contributed by atoms with van der Waals surface area (Å²) in [6.07, 6.45) is 2.45. The van der Waals surface area contributed by atoms with Crippen molar-refractivity contribution in [3.05, 3.63) is 68.6 Å². The zero-order chi connectivity index (χ0) is 22.1. The summed E-state index contributed by atoms with van der Waals surface area (Å²) in [5.74, 6) is -1.08. The van der Waals surface area contributed by atoms with Gasteiger partial charge < -0.3 is 14.9 Å². The molecule has 0 spiro atoms. The summed E-state index contributed by atoms with van der Waals surface area (Å²) in [6, 6.07) is 11.6. The summed E-state index contributed by atoms with van der Waals surface area (Å²) < 4.78 is 6.69. The Morgan fingerprint density at radius 2 is 1.93 bits per heavy atom. The molecule has 2 rings (SSSR count). The predicted molar refractivity (Wildman–Crippen MR) is 118 cm³/mol. The zero-order valence-electron chi connectivity index (χ0n) is 15.6. The Balaban J connectivity index is 2.14. The number of nitriles is 1. The number of phenols is 1. The third-order valence-corrected chi connectivity index (χ3v) is 5.07. The van der Waals surface area contributed by atoms with Crippen molar-refractivity contribution in [1.82, 2.24) is 0 Å². The lowest BCUT2D eigenvalue weighted by Crippen LogP contribution is -2.18. The van der Waals surface area contributed by atoms with Crippen LogP contribution in [0.1, 0.15) is 36.5 Å². The van der Waals surface area contributed by atoms with Gasteiger partial charge in [-0.05, 0) is 71.6 Å². The number of carboxylic acid groups (broad SMARTS) is 1. The Bertz CT molecular complexity index is 984. The van der Waals surface area contributed by atoms with Crippen LogP contribution in [0, 0.1) is 11.3 Å². The van der Waals surface area contributed by atoms with Crippen LogP contribution >= 0.6 is 31.9 Å². The zero-order valence-corrected chi connectivity index (χ0v) is 18.8. The van der Waals surface area contributed by atoms with Crippen molar-refractivity contribution < 1.29 is 24.5 Å². The van der Waals surface area contributed by atoms with Crippen LogP contribution in [-0.4, -0.2) is 22.3 Å². The molecule has 0 aliphatic rings. The van der Waals surface area contributed by atoms with E-state index in [9.17, 15) is 14.7 Å². The molecule has 0 aliphatic carbocycles. The molecule has 2 aromatic rings. The maximum Gasteiger partial charge on any atom is 0.412 e. The van der Waals surface area contributed by atoms with Gasteiger partial charge in [0.05, 0.1) is 16.1 Å². The fourth-order valence-corrected chi connectivity index (χ4v) is 3.88. The summed E-state index contributed by atoms with van der Waals surface area (Å²) in [6.45, 7) is 0. The van der Waals surface area contributed by atoms with Gasteiger partial charge in [0, 0.05) is 21.8 Å². The summed E-state index contributed by atoms with van der Waals surface area (Å²) in [5.41, 5.74) is 1.33. The van der Waals surface area contributed by atoms with E-state index in [1.807, 2.05) is 6.07 Å². The third-order valence-electron chi connectivity index (χ3n) is 4.01. The summed E-state index contributed by atoms with van der Waals surface area (Å²) in [7, 11) is 0. The lowest BCUT2D eigenvalue weighted by atomic mass is 10.0. The van der Waals surface area contributed by atoms with Crippen LogP contribution in [-0.2, 0) is 9.53 Å². The van der Waals surface area contributed by atoms with Gasteiger partial charge >= 0.3 is 12.1 Å². The van der Waals surface area contributed by atoms with Gasteiger partial charge in [0.2, 0.25) is 0 Å². The number of halogens is 2. The minimum Gasteiger partial charge on any atom is -0.506 e. The van der Waals surface area contributed by atoms with Crippen LogP contribution in [0.2, 0.25) is 0 Å². The molecule has 30 heavy (non-hydrogen) atoms. The van der Waals surface area contributed by atoms with Crippen LogP contribution in [0.3, 0.4) is 0 Å². The van der Waals surface area contributed by atoms with Gasteiger partial charge in [-0.3, -0.25) is 5.32 Å². The summed E-state index contributed by atoms with van der Waals surface area (Å²) in [4.78, 5) is 23.0. The van der Waals surface area contributed by atoms with Crippen molar-refractivity contribution in [3.8, 4) is 11.8 Å². The highest BCUT2D eigenvalue weighted by molar-refractivity contribution is 9.11. The first kappa shape index (κ1) is 23.4. The smallest absolute Gasteiger partial charge is 0.412 e. The Hall–Kier alpha value is -2.83. The number of amides is 1. The van der Waals surface area contributed by atoms with E-state index in [4.69, 9.17) is 15.1 Å². The lowest BCUT2D eigenvalue weighted by molar-refractivity contribution is -0.131. The number of anilines is 1. The van der Waals surface area contributed by atoms with E-state index >= 15 is 0 Å². The van der Waals surface area contributed by atoms with Crippen LogP contribution < -0.4 is 5.32 Å². The summed E-state index contributed by atoms with van der Waals surface area (Å²) >= 11 is 6.63. The van der Waals surface area contributed by atoms with Crippen LogP contribution in [0.25, 0.3) is 0 Å². The molecule has 7 nitrogen and oxygen atoms in total. The van der Waals surface area contributed by atoms with Gasteiger partial charge in [-0.25, -0.2) is 9.59 Å². The fraction of sp³-hybridized carbons (Fsp3) is 0.190. The van der Waals surface area contributed by atoms with E-state index in [-0.39, 0.29) is 5.75 Å². The van der Waals surface area contributed by atoms with E-state index in [0.29, 0.717) is 45.0 Å². The van der Waals surface area contributed by atoms with E-state index in [2.05, 4.69) is 37.2 Å². The Morgan fingerprint density at radius 3 is 2.57 bits per heavy atom. The molecule has 0 unspecified atom stereocenters. The molecule has 0 radical (unpaired) electrons. The Labute approximate surface area is 190 Å². The van der Waals surface area contributed by atoms with Gasteiger partial charge in [-0.15, -0.1) is 0 Å². The fourth-order valence-electron chi connectivity index (χ4n) is 2.62. The Morgan fingerprint density at radius 1 is 1.23 bits per heavy atom. The van der Waals surface area contributed by atoms with E-state index < -0.39 is 18.2 Å². The highest BCUT2D eigenvalue weighted by atomic mass is 79.9. The van der Waals surface area contributed by atoms with Crippen molar-refractivity contribution in [3.63, 3.8) is 0 Å². The largest absolute Gasteiger partial charge is 0.506 e. The maximum absolute atomic E-state index is 12.4. The number of carbonyl (C=O) groups excluding carboxylic acids is 1. The first-order valence-corrected chi connectivity index (χ1v) is 10.4. The highest BCUT2D eigenvalue weighted by Crippen LogP contribution is 2.38. The number of benzene rings is 2. The van der Waals surface area contributed by atoms with Gasteiger partial charge in [0.15, 0.2) is 0 Å². The van der Waals surface area contributed by atoms with Crippen LogP contribution in [0.5, 0.6) is 5.75 Å². The predicted octanol–water partition coefficient (Wildman–Crippen LogP) is 5.89. The number of hydrogen-bond acceptors (Lipinski definition) is 5. The van der Waals surface area contributed by atoms with Crippen LogP contribution in [0.4, 0.5) is 10.5 Å². The second-order valence-corrected chi connectivity index (χ2v) is 7.98. The van der Waals surface area contributed by atoms with E-state index in [1.165, 1.54) is 6.08 Å². The Kier molecular flexibility index (Phi) is 8.89. The lowest BCUT2D eigenvalue weighted by Gasteiger charge is -2.20. The first-order chi connectivity index (χ1) is 14.3. The topological polar surface area (TPSA) is 120 Å². The molecule has 3 N–H and O–H groups in total. The monoisotopic (exact) mass is 536 g/mol. The third kappa shape index (κ3) is 7.21. The van der Waals surface area contributed by atoms with Crippen molar-refractivity contribution in [2.75, 3.05) is 5.32 Å². The van der Waals surface area contributed by atoms with Crippen molar-refractivity contribution in [1.29, 1.82) is 5.26 Å². The molecule has 0 aliphatic heterocycles. The van der Waals surface area contributed by atoms with Gasteiger partial charge in [0.1, 0.15) is 11.9 Å². The van der Waals surface area contributed by atoms with E-state index in [1.54, 1.807) is 36.4 Å². The molecule has 1 atom stereocenters. The average Bonchev–Trinajstić information content (AvgIpc) is 2.70. The average molecular weight is 538 g/mol. The standard InChI is InChI=1S/C21H18Br2N2O5/c22-14-10-16(20(28)17(23)11-14)18(4-2-1-3-5-19(26)27)30-21(29)25-15-8-6-13(12-24)7-9-15/h3,5-11,18,28H,1-2,4H2,(H,25,29)(H,26,27)/b5-3+/t18-/m0/s1. The molecular formula is C21H18Br2N2O5. The van der Waals surface area contributed by atoms with Gasteiger partial charge in [0.25, 0.3) is 0 Å².